The van der Waals surface area contributed by atoms with Gasteiger partial charge in [-0.3, -0.25) is 0 Å². The van der Waals surface area contributed by atoms with Gasteiger partial charge in [-0.15, -0.1) is 11.3 Å². The molecule has 0 radical (unpaired) electrons. The Balaban J connectivity index is 2.33. The summed E-state index contributed by atoms with van der Waals surface area (Å²) in [7, 11) is 0. The van der Waals surface area contributed by atoms with Gasteiger partial charge in [0, 0.05) is 27.8 Å². The molecule has 1 rings (SSSR count). The smallest absolute Gasteiger partial charge is 0.0697 e. The minimum atomic E-state index is -0.283. The van der Waals surface area contributed by atoms with E-state index in [1.54, 1.807) is 11.3 Å². The topological polar surface area (TPSA) is 35.8 Å². The number of hydrogen-bond acceptors (Lipinski definition) is 3. The molecule has 76 valence electrons. The van der Waals surface area contributed by atoms with E-state index in [1.807, 2.05) is 13.8 Å². The number of halogens is 1. The van der Waals surface area contributed by atoms with Gasteiger partial charge in [-0.05, 0) is 35.8 Å². The predicted molar refractivity (Wildman–Crippen MR) is 63.1 cm³/mol. The van der Waals surface area contributed by atoms with Crippen LogP contribution >= 0.6 is 27.3 Å². The second-order valence-electron chi connectivity index (χ2n) is 3.83. The lowest BCUT2D eigenvalue weighted by molar-refractivity contribution is 0.446. The summed E-state index contributed by atoms with van der Waals surface area (Å²) in [6, 6.07) is 4.36. The zero-order chi connectivity index (χ0) is 10.6. The standard InChI is InChI=1S/C10H13BrN2S/c1-10(2,6-12)7-13-4-9-3-8(11)5-14-9/h3,5,13H,4,7H2,1-2H3. The number of rotatable bonds is 4. The van der Waals surface area contributed by atoms with Crippen LogP contribution in [0, 0.1) is 16.7 Å². The van der Waals surface area contributed by atoms with Crippen LogP contribution in [0.3, 0.4) is 0 Å². The molecule has 0 aliphatic carbocycles. The number of thiophene rings is 1. The Kier molecular flexibility index (Phi) is 4.11. The van der Waals surface area contributed by atoms with Crippen molar-refractivity contribution in [2.75, 3.05) is 6.54 Å². The normalized spacial score (nSPS) is 11.3. The molecule has 4 heteroatoms. The molecule has 0 saturated carbocycles. The quantitative estimate of drug-likeness (QED) is 0.914. The molecule has 0 spiro atoms. The van der Waals surface area contributed by atoms with Gasteiger partial charge < -0.3 is 5.32 Å². The van der Waals surface area contributed by atoms with E-state index in [4.69, 9.17) is 5.26 Å². The largest absolute Gasteiger partial charge is 0.310 e. The highest BCUT2D eigenvalue weighted by Gasteiger charge is 2.15. The highest BCUT2D eigenvalue weighted by Crippen LogP contribution is 2.19. The van der Waals surface area contributed by atoms with Gasteiger partial charge in [-0.25, -0.2) is 0 Å². The van der Waals surface area contributed by atoms with Crippen molar-refractivity contribution in [3.63, 3.8) is 0 Å². The first-order valence-corrected chi connectivity index (χ1v) is 6.06. The lowest BCUT2D eigenvalue weighted by Crippen LogP contribution is -2.27. The summed E-state index contributed by atoms with van der Waals surface area (Å²) in [5.74, 6) is 0. The third-order valence-electron chi connectivity index (χ3n) is 1.79. The second kappa shape index (κ2) is 4.92. The molecule has 0 aliphatic heterocycles. The highest BCUT2D eigenvalue weighted by molar-refractivity contribution is 9.10. The molecule has 0 unspecified atom stereocenters. The predicted octanol–water partition coefficient (Wildman–Crippen LogP) is 3.15. The first kappa shape index (κ1) is 11.7. The average Bonchev–Trinajstić information content (AvgIpc) is 2.51. The SMILES string of the molecule is CC(C)(C#N)CNCc1cc(Br)cs1. The Bertz CT molecular complexity index is 338. The van der Waals surface area contributed by atoms with Gasteiger partial charge in [0.05, 0.1) is 11.5 Å². The zero-order valence-corrected chi connectivity index (χ0v) is 10.7. The number of hydrogen-bond donors (Lipinski definition) is 1. The third-order valence-corrected chi connectivity index (χ3v) is 3.49. The van der Waals surface area contributed by atoms with Crippen LogP contribution in [-0.4, -0.2) is 6.54 Å². The van der Waals surface area contributed by atoms with Crippen molar-refractivity contribution < 1.29 is 0 Å². The maximum absolute atomic E-state index is 8.80. The molecule has 0 bridgehead atoms. The summed E-state index contributed by atoms with van der Waals surface area (Å²) >= 11 is 5.12. The van der Waals surface area contributed by atoms with Crippen molar-refractivity contribution in [1.82, 2.24) is 5.32 Å². The molecule has 1 aromatic rings. The second-order valence-corrected chi connectivity index (χ2v) is 5.74. The van der Waals surface area contributed by atoms with E-state index >= 15 is 0 Å². The van der Waals surface area contributed by atoms with Crippen LogP contribution < -0.4 is 5.32 Å². The van der Waals surface area contributed by atoms with Crippen LogP contribution in [0.4, 0.5) is 0 Å². The minimum absolute atomic E-state index is 0.283. The maximum Gasteiger partial charge on any atom is 0.0697 e. The van der Waals surface area contributed by atoms with Crippen LogP contribution in [-0.2, 0) is 6.54 Å². The van der Waals surface area contributed by atoms with Crippen LogP contribution in [0.15, 0.2) is 15.9 Å². The summed E-state index contributed by atoms with van der Waals surface area (Å²) in [6.45, 7) is 5.43. The number of nitrogens with one attached hydrogen (secondary N) is 1. The molecule has 0 aromatic carbocycles. The van der Waals surface area contributed by atoms with Crippen LogP contribution in [0.25, 0.3) is 0 Å². The van der Waals surface area contributed by atoms with Gasteiger partial charge in [-0.2, -0.15) is 5.26 Å². The molecule has 0 atom stereocenters. The summed E-state index contributed by atoms with van der Waals surface area (Å²) < 4.78 is 1.12. The minimum Gasteiger partial charge on any atom is -0.310 e. The van der Waals surface area contributed by atoms with E-state index in [0.717, 1.165) is 17.6 Å². The Hall–Kier alpha value is -0.370. The van der Waals surface area contributed by atoms with E-state index in [9.17, 15) is 0 Å². The molecule has 0 fully saturated rings. The van der Waals surface area contributed by atoms with E-state index in [-0.39, 0.29) is 5.41 Å². The Morgan fingerprint density at radius 3 is 2.86 bits per heavy atom. The molecule has 1 heterocycles. The lowest BCUT2D eigenvalue weighted by Gasteiger charge is -2.15. The van der Waals surface area contributed by atoms with Crippen molar-refractivity contribution in [2.24, 2.45) is 5.41 Å². The van der Waals surface area contributed by atoms with E-state index < -0.39 is 0 Å². The molecule has 2 nitrogen and oxygen atoms in total. The van der Waals surface area contributed by atoms with Crippen LogP contribution in [0.5, 0.6) is 0 Å². The molecule has 1 N–H and O–H groups in total. The van der Waals surface area contributed by atoms with Gasteiger partial charge in [0.1, 0.15) is 0 Å². The summed E-state index contributed by atoms with van der Waals surface area (Å²) in [6.07, 6.45) is 0. The van der Waals surface area contributed by atoms with Crippen molar-refractivity contribution in [2.45, 2.75) is 20.4 Å². The van der Waals surface area contributed by atoms with Gasteiger partial charge in [0.25, 0.3) is 0 Å². The fourth-order valence-corrected chi connectivity index (χ4v) is 2.40. The summed E-state index contributed by atoms with van der Waals surface area (Å²) in [5, 5.41) is 14.1. The fourth-order valence-electron chi connectivity index (χ4n) is 0.984. The van der Waals surface area contributed by atoms with Gasteiger partial charge in [-0.1, -0.05) is 0 Å². The zero-order valence-electron chi connectivity index (χ0n) is 8.30. The average molecular weight is 273 g/mol. The van der Waals surface area contributed by atoms with E-state index in [0.29, 0.717) is 0 Å². The fraction of sp³-hybridized carbons (Fsp3) is 0.500. The first-order valence-electron chi connectivity index (χ1n) is 4.38. The molecule has 1 aromatic heterocycles. The van der Waals surface area contributed by atoms with E-state index in [2.05, 4.69) is 38.8 Å². The van der Waals surface area contributed by atoms with Gasteiger partial charge >= 0.3 is 0 Å². The lowest BCUT2D eigenvalue weighted by atomic mass is 9.96. The van der Waals surface area contributed by atoms with Crippen molar-refractivity contribution in [3.8, 4) is 6.07 Å². The Morgan fingerprint density at radius 1 is 1.64 bits per heavy atom. The van der Waals surface area contributed by atoms with Gasteiger partial charge in [0.15, 0.2) is 0 Å². The summed E-state index contributed by atoms with van der Waals surface area (Å²) in [4.78, 5) is 1.28. The van der Waals surface area contributed by atoms with Crippen LogP contribution in [0.1, 0.15) is 18.7 Å². The first-order chi connectivity index (χ1) is 6.53. The van der Waals surface area contributed by atoms with E-state index in [1.165, 1.54) is 4.88 Å². The van der Waals surface area contributed by atoms with Crippen molar-refractivity contribution in [3.05, 3.63) is 20.8 Å². The molecular weight excluding hydrogens is 260 g/mol. The highest BCUT2D eigenvalue weighted by atomic mass is 79.9. The Morgan fingerprint density at radius 2 is 2.36 bits per heavy atom. The number of nitrogens with zero attached hydrogens (tertiary/aromatic N) is 1. The molecule has 0 amide bonds. The molecular formula is C10H13BrN2S. The van der Waals surface area contributed by atoms with Crippen LogP contribution in [0.2, 0.25) is 0 Å². The number of nitriles is 1. The summed E-state index contributed by atoms with van der Waals surface area (Å²) in [5.41, 5.74) is -0.283. The maximum atomic E-state index is 8.80. The molecule has 0 saturated heterocycles. The van der Waals surface area contributed by atoms with Crippen molar-refractivity contribution >= 4 is 27.3 Å². The molecule has 0 aliphatic rings. The van der Waals surface area contributed by atoms with Gasteiger partial charge in [0.2, 0.25) is 0 Å². The molecule has 14 heavy (non-hydrogen) atoms. The van der Waals surface area contributed by atoms with Crippen molar-refractivity contribution in [1.29, 1.82) is 5.26 Å². The third kappa shape index (κ3) is 3.79. The Labute approximate surface area is 97.1 Å². The monoisotopic (exact) mass is 272 g/mol.